The molecule has 0 saturated heterocycles. The van der Waals surface area contributed by atoms with Gasteiger partial charge in [-0.25, -0.2) is 4.79 Å². The third kappa shape index (κ3) is 5.36. The Kier molecular flexibility index (Phi) is 6.10. The first-order chi connectivity index (χ1) is 8.26. The number of anilines is 1. The van der Waals surface area contributed by atoms with Gasteiger partial charge in [0, 0.05) is 18.8 Å². The molecule has 0 aliphatic carbocycles. The summed E-state index contributed by atoms with van der Waals surface area (Å²) in [6, 6.07) is 7.39. The summed E-state index contributed by atoms with van der Waals surface area (Å²) in [7, 11) is 0. The van der Waals surface area contributed by atoms with E-state index in [2.05, 4.69) is 17.6 Å². The Bertz CT molecular complexity index is 352. The maximum Gasteiger partial charge on any atom is 0.319 e. The highest BCUT2D eigenvalue weighted by atomic mass is 16.2. The highest BCUT2D eigenvalue weighted by molar-refractivity contribution is 5.89. The number of benzene rings is 1. The third-order valence-electron chi connectivity index (χ3n) is 2.49. The molecule has 0 atom stereocenters. The molecule has 0 radical (unpaired) electrons. The second kappa shape index (κ2) is 7.68. The summed E-state index contributed by atoms with van der Waals surface area (Å²) < 4.78 is 0. The van der Waals surface area contributed by atoms with Gasteiger partial charge in [0.1, 0.15) is 0 Å². The minimum Gasteiger partial charge on any atom is -0.338 e. The van der Waals surface area contributed by atoms with Gasteiger partial charge in [-0.3, -0.25) is 0 Å². The highest BCUT2D eigenvalue weighted by Gasteiger charge is 2.00. The SMILES string of the molecule is CCCCCNC(=O)Nc1cccc(CN)c1. The van der Waals surface area contributed by atoms with Crippen LogP contribution in [0.25, 0.3) is 0 Å². The molecule has 0 aliphatic heterocycles. The average molecular weight is 235 g/mol. The first-order valence-electron chi connectivity index (χ1n) is 6.10. The summed E-state index contributed by atoms with van der Waals surface area (Å²) in [5.41, 5.74) is 7.32. The fourth-order valence-corrected chi connectivity index (χ4v) is 1.53. The number of amides is 2. The topological polar surface area (TPSA) is 67.2 Å². The standard InChI is InChI=1S/C13H21N3O/c1-2-3-4-8-15-13(17)16-12-7-5-6-11(9-12)10-14/h5-7,9H,2-4,8,10,14H2,1H3,(H2,15,16,17). The summed E-state index contributed by atoms with van der Waals surface area (Å²) in [5, 5.41) is 5.61. The summed E-state index contributed by atoms with van der Waals surface area (Å²) in [6.45, 7) is 3.34. The molecular weight excluding hydrogens is 214 g/mol. The van der Waals surface area contributed by atoms with Crippen molar-refractivity contribution in [2.24, 2.45) is 5.73 Å². The van der Waals surface area contributed by atoms with E-state index in [1.54, 1.807) is 0 Å². The molecule has 4 N–H and O–H groups in total. The van der Waals surface area contributed by atoms with E-state index in [1.807, 2.05) is 24.3 Å². The first-order valence-corrected chi connectivity index (χ1v) is 6.10. The largest absolute Gasteiger partial charge is 0.338 e. The molecule has 0 aliphatic rings. The van der Waals surface area contributed by atoms with E-state index in [9.17, 15) is 4.79 Å². The van der Waals surface area contributed by atoms with E-state index < -0.39 is 0 Å². The molecule has 4 nitrogen and oxygen atoms in total. The molecule has 0 bridgehead atoms. The molecule has 1 rings (SSSR count). The summed E-state index contributed by atoms with van der Waals surface area (Å²) >= 11 is 0. The van der Waals surface area contributed by atoms with Crippen LogP contribution < -0.4 is 16.4 Å². The van der Waals surface area contributed by atoms with Crippen molar-refractivity contribution in [1.82, 2.24) is 5.32 Å². The Labute approximate surface area is 103 Å². The first kappa shape index (κ1) is 13.5. The van der Waals surface area contributed by atoms with Crippen LogP contribution in [0.15, 0.2) is 24.3 Å². The number of urea groups is 1. The zero-order chi connectivity index (χ0) is 12.5. The van der Waals surface area contributed by atoms with Gasteiger partial charge in [0.2, 0.25) is 0 Å². The Morgan fingerprint density at radius 1 is 1.35 bits per heavy atom. The predicted octanol–water partition coefficient (Wildman–Crippen LogP) is 2.46. The number of nitrogens with two attached hydrogens (primary N) is 1. The van der Waals surface area contributed by atoms with Crippen LogP contribution in [-0.4, -0.2) is 12.6 Å². The normalized spacial score (nSPS) is 10.0. The lowest BCUT2D eigenvalue weighted by molar-refractivity contribution is 0.252. The van der Waals surface area contributed by atoms with Gasteiger partial charge >= 0.3 is 6.03 Å². The summed E-state index contributed by atoms with van der Waals surface area (Å²) in [6.07, 6.45) is 3.32. The molecule has 4 heteroatoms. The van der Waals surface area contributed by atoms with Crippen molar-refractivity contribution >= 4 is 11.7 Å². The van der Waals surface area contributed by atoms with E-state index in [4.69, 9.17) is 5.73 Å². The molecule has 0 saturated carbocycles. The van der Waals surface area contributed by atoms with Crippen LogP contribution in [0.3, 0.4) is 0 Å². The molecule has 1 aromatic carbocycles. The van der Waals surface area contributed by atoms with Crippen LogP contribution in [0.5, 0.6) is 0 Å². The quantitative estimate of drug-likeness (QED) is 0.663. The second-order valence-electron chi connectivity index (χ2n) is 3.99. The Morgan fingerprint density at radius 2 is 2.18 bits per heavy atom. The average Bonchev–Trinajstić information content (AvgIpc) is 2.35. The van der Waals surface area contributed by atoms with Gasteiger partial charge in [0.05, 0.1) is 0 Å². The zero-order valence-corrected chi connectivity index (χ0v) is 10.3. The fourth-order valence-electron chi connectivity index (χ4n) is 1.53. The van der Waals surface area contributed by atoms with E-state index in [0.29, 0.717) is 6.54 Å². The maximum atomic E-state index is 11.5. The van der Waals surface area contributed by atoms with Gasteiger partial charge in [0.25, 0.3) is 0 Å². The van der Waals surface area contributed by atoms with Crippen molar-refractivity contribution in [3.63, 3.8) is 0 Å². The van der Waals surface area contributed by atoms with Crippen molar-refractivity contribution in [1.29, 1.82) is 0 Å². The van der Waals surface area contributed by atoms with Crippen LogP contribution >= 0.6 is 0 Å². The maximum absolute atomic E-state index is 11.5. The molecule has 0 spiro atoms. The lowest BCUT2D eigenvalue weighted by Crippen LogP contribution is -2.29. The number of carbonyl (C=O) groups excluding carboxylic acids is 1. The van der Waals surface area contributed by atoms with Gasteiger partial charge in [0.15, 0.2) is 0 Å². The van der Waals surface area contributed by atoms with Crippen LogP contribution in [0, 0.1) is 0 Å². The van der Waals surface area contributed by atoms with Crippen molar-refractivity contribution in [3.8, 4) is 0 Å². The number of hydrogen-bond donors (Lipinski definition) is 3. The minimum atomic E-state index is -0.157. The van der Waals surface area contributed by atoms with E-state index in [1.165, 1.54) is 0 Å². The van der Waals surface area contributed by atoms with Crippen LogP contribution in [0.4, 0.5) is 10.5 Å². The molecule has 0 unspecified atom stereocenters. The molecular formula is C13H21N3O. The number of carbonyl (C=O) groups is 1. The highest BCUT2D eigenvalue weighted by Crippen LogP contribution is 2.09. The Hall–Kier alpha value is -1.55. The Morgan fingerprint density at radius 3 is 2.88 bits per heavy atom. The van der Waals surface area contributed by atoms with Crippen LogP contribution in [-0.2, 0) is 6.54 Å². The molecule has 1 aromatic rings. The lowest BCUT2D eigenvalue weighted by atomic mass is 10.2. The molecule has 17 heavy (non-hydrogen) atoms. The van der Waals surface area contributed by atoms with Crippen molar-refractivity contribution in [2.75, 3.05) is 11.9 Å². The van der Waals surface area contributed by atoms with Gasteiger partial charge in [-0.05, 0) is 24.1 Å². The van der Waals surface area contributed by atoms with Crippen molar-refractivity contribution in [3.05, 3.63) is 29.8 Å². The monoisotopic (exact) mass is 235 g/mol. The third-order valence-corrected chi connectivity index (χ3v) is 2.49. The minimum absolute atomic E-state index is 0.157. The molecule has 2 amide bonds. The number of unbranched alkanes of at least 4 members (excludes halogenated alkanes) is 2. The fraction of sp³-hybridized carbons (Fsp3) is 0.462. The smallest absolute Gasteiger partial charge is 0.319 e. The van der Waals surface area contributed by atoms with Crippen LogP contribution in [0.2, 0.25) is 0 Å². The predicted molar refractivity (Wildman–Crippen MR) is 70.9 cm³/mol. The zero-order valence-electron chi connectivity index (χ0n) is 10.3. The Balaban J connectivity index is 2.34. The van der Waals surface area contributed by atoms with Gasteiger partial charge in [-0.15, -0.1) is 0 Å². The second-order valence-corrected chi connectivity index (χ2v) is 3.99. The number of rotatable bonds is 6. The number of nitrogens with one attached hydrogen (secondary N) is 2. The number of hydrogen-bond acceptors (Lipinski definition) is 2. The molecule has 0 fully saturated rings. The molecule has 0 aromatic heterocycles. The molecule has 94 valence electrons. The van der Waals surface area contributed by atoms with E-state index in [-0.39, 0.29) is 6.03 Å². The summed E-state index contributed by atoms with van der Waals surface area (Å²) in [4.78, 5) is 11.5. The van der Waals surface area contributed by atoms with Crippen LogP contribution in [0.1, 0.15) is 31.7 Å². The van der Waals surface area contributed by atoms with Crippen molar-refractivity contribution in [2.45, 2.75) is 32.7 Å². The van der Waals surface area contributed by atoms with Gasteiger partial charge < -0.3 is 16.4 Å². The van der Waals surface area contributed by atoms with Crippen molar-refractivity contribution < 1.29 is 4.79 Å². The van der Waals surface area contributed by atoms with Gasteiger partial charge in [-0.1, -0.05) is 31.9 Å². The summed E-state index contributed by atoms with van der Waals surface area (Å²) in [5.74, 6) is 0. The van der Waals surface area contributed by atoms with Gasteiger partial charge in [-0.2, -0.15) is 0 Å². The lowest BCUT2D eigenvalue weighted by Gasteiger charge is -2.08. The van der Waals surface area contributed by atoms with E-state index >= 15 is 0 Å². The van der Waals surface area contributed by atoms with E-state index in [0.717, 1.165) is 37.1 Å². The molecule has 0 heterocycles.